The molecule has 2 rings (SSSR count). The van der Waals surface area contributed by atoms with E-state index in [1.807, 2.05) is 12.1 Å². The van der Waals surface area contributed by atoms with Crippen molar-refractivity contribution in [2.24, 2.45) is 5.84 Å². The minimum absolute atomic E-state index is 0.251. The summed E-state index contributed by atoms with van der Waals surface area (Å²) in [4.78, 5) is 11.2. The molecule has 0 radical (unpaired) electrons. The number of rotatable bonds is 1. The van der Waals surface area contributed by atoms with Crippen LogP contribution in [-0.2, 0) is 17.8 Å². The van der Waals surface area contributed by atoms with Gasteiger partial charge in [-0.3, -0.25) is 10.2 Å². The number of hydrazine groups is 1. The molecule has 0 atom stereocenters. The fourth-order valence-corrected chi connectivity index (χ4v) is 1.59. The van der Waals surface area contributed by atoms with Crippen molar-refractivity contribution in [1.29, 1.82) is 0 Å². The second-order valence-electron chi connectivity index (χ2n) is 3.26. The van der Waals surface area contributed by atoms with E-state index in [0.717, 1.165) is 18.6 Å². The van der Waals surface area contributed by atoms with E-state index in [1.54, 1.807) is 6.07 Å². The van der Waals surface area contributed by atoms with E-state index in [9.17, 15) is 4.79 Å². The van der Waals surface area contributed by atoms with Crippen LogP contribution in [0.15, 0.2) is 18.2 Å². The Bertz CT molecular complexity index is 363. The predicted octanol–water partition coefficient (Wildman–Crippen LogP) is 0.363. The minimum atomic E-state index is -0.251. The van der Waals surface area contributed by atoms with Gasteiger partial charge < -0.3 is 4.74 Å². The third-order valence-electron chi connectivity index (χ3n) is 2.37. The van der Waals surface area contributed by atoms with Crippen LogP contribution in [0.5, 0.6) is 0 Å². The smallest absolute Gasteiger partial charge is 0.265 e. The molecule has 1 aromatic carbocycles. The zero-order chi connectivity index (χ0) is 9.97. The predicted molar refractivity (Wildman–Crippen MR) is 51.5 cm³/mol. The van der Waals surface area contributed by atoms with Crippen LogP contribution >= 0.6 is 0 Å². The molecule has 0 fully saturated rings. The number of benzene rings is 1. The maximum absolute atomic E-state index is 11.2. The number of carbonyl (C=O) groups is 1. The second kappa shape index (κ2) is 3.77. The van der Waals surface area contributed by atoms with Crippen LogP contribution in [0.25, 0.3) is 0 Å². The quantitative estimate of drug-likeness (QED) is 0.383. The fourth-order valence-electron chi connectivity index (χ4n) is 1.59. The lowest BCUT2D eigenvalue weighted by atomic mass is 10.0. The topological polar surface area (TPSA) is 64.3 Å². The summed E-state index contributed by atoms with van der Waals surface area (Å²) in [5.74, 6) is 4.81. The standard InChI is InChI=1S/C10H12N2O2/c11-12-10(13)8-1-2-9-6-14-4-3-7(9)5-8/h1-2,5H,3-4,6,11H2,(H,12,13). The van der Waals surface area contributed by atoms with Gasteiger partial charge in [0.1, 0.15) is 0 Å². The van der Waals surface area contributed by atoms with Gasteiger partial charge in [-0.1, -0.05) is 6.07 Å². The largest absolute Gasteiger partial charge is 0.376 e. The maximum Gasteiger partial charge on any atom is 0.265 e. The first-order valence-electron chi connectivity index (χ1n) is 4.52. The van der Waals surface area contributed by atoms with Crippen LogP contribution in [0.3, 0.4) is 0 Å². The highest BCUT2D eigenvalue weighted by atomic mass is 16.5. The van der Waals surface area contributed by atoms with Crippen molar-refractivity contribution in [2.45, 2.75) is 13.0 Å². The highest BCUT2D eigenvalue weighted by Crippen LogP contribution is 2.18. The van der Waals surface area contributed by atoms with Gasteiger partial charge in [0.05, 0.1) is 13.2 Å². The zero-order valence-electron chi connectivity index (χ0n) is 7.75. The first kappa shape index (κ1) is 9.18. The van der Waals surface area contributed by atoms with Gasteiger partial charge in [-0.2, -0.15) is 0 Å². The Balaban J connectivity index is 2.33. The minimum Gasteiger partial charge on any atom is -0.376 e. The highest BCUT2D eigenvalue weighted by molar-refractivity contribution is 5.94. The first-order chi connectivity index (χ1) is 6.81. The first-order valence-corrected chi connectivity index (χ1v) is 4.52. The van der Waals surface area contributed by atoms with Crippen molar-refractivity contribution in [3.63, 3.8) is 0 Å². The normalized spacial score (nSPS) is 14.6. The Kier molecular flexibility index (Phi) is 2.47. The molecule has 0 spiro atoms. The van der Waals surface area contributed by atoms with Gasteiger partial charge in [0, 0.05) is 5.56 Å². The lowest BCUT2D eigenvalue weighted by Crippen LogP contribution is -2.30. The summed E-state index contributed by atoms with van der Waals surface area (Å²) in [7, 11) is 0. The molecule has 1 aliphatic heterocycles. The Labute approximate surface area is 82.0 Å². The molecule has 1 aromatic rings. The van der Waals surface area contributed by atoms with Crippen molar-refractivity contribution >= 4 is 5.91 Å². The maximum atomic E-state index is 11.2. The SMILES string of the molecule is NNC(=O)c1ccc2c(c1)CCOC2. The molecule has 1 aliphatic rings. The van der Waals surface area contributed by atoms with Crippen LogP contribution in [0.1, 0.15) is 21.5 Å². The Hall–Kier alpha value is -1.39. The lowest BCUT2D eigenvalue weighted by molar-refractivity contribution is 0.0951. The zero-order valence-corrected chi connectivity index (χ0v) is 7.75. The highest BCUT2D eigenvalue weighted by Gasteiger charge is 2.11. The molecule has 1 amide bonds. The Morgan fingerprint density at radius 3 is 3.07 bits per heavy atom. The van der Waals surface area contributed by atoms with E-state index >= 15 is 0 Å². The van der Waals surface area contributed by atoms with Gasteiger partial charge in [-0.05, 0) is 29.7 Å². The molecule has 0 unspecified atom stereocenters. The molecule has 1 heterocycles. The van der Waals surface area contributed by atoms with Crippen LogP contribution in [0.2, 0.25) is 0 Å². The van der Waals surface area contributed by atoms with Gasteiger partial charge >= 0.3 is 0 Å². The summed E-state index contributed by atoms with van der Waals surface area (Å²) >= 11 is 0. The number of nitrogens with one attached hydrogen (secondary N) is 1. The number of nitrogens with two attached hydrogens (primary N) is 1. The third-order valence-corrected chi connectivity index (χ3v) is 2.37. The van der Waals surface area contributed by atoms with Crippen molar-refractivity contribution in [3.05, 3.63) is 34.9 Å². The number of hydrogen-bond acceptors (Lipinski definition) is 3. The molecular weight excluding hydrogens is 180 g/mol. The molecule has 3 N–H and O–H groups in total. The van der Waals surface area contributed by atoms with Crippen molar-refractivity contribution in [3.8, 4) is 0 Å². The average Bonchev–Trinajstić information content (AvgIpc) is 2.27. The Morgan fingerprint density at radius 2 is 2.29 bits per heavy atom. The molecule has 0 aromatic heterocycles. The molecular formula is C10H12N2O2. The summed E-state index contributed by atoms with van der Waals surface area (Å²) in [6, 6.07) is 5.55. The summed E-state index contributed by atoms with van der Waals surface area (Å²) in [6.45, 7) is 1.36. The van der Waals surface area contributed by atoms with Crippen molar-refractivity contribution < 1.29 is 9.53 Å². The molecule has 4 heteroatoms. The summed E-state index contributed by atoms with van der Waals surface area (Å²) < 4.78 is 5.30. The van der Waals surface area contributed by atoms with Gasteiger partial charge in [0.2, 0.25) is 0 Å². The third kappa shape index (κ3) is 1.62. The number of nitrogen functional groups attached to an aromatic ring is 1. The van der Waals surface area contributed by atoms with Crippen LogP contribution < -0.4 is 11.3 Å². The number of amides is 1. The number of carbonyl (C=O) groups excluding carboxylic acids is 1. The molecule has 0 saturated heterocycles. The lowest BCUT2D eigenvalue weighted by Gasteiger charge is -2.16. The van der Waals surface area contributed by atoms with E-state index in [1.165, 1.54) is 5.56 Å². The van der Waals surface area contributed by atoms with Gasteiger partial charge in [0.25, 0.3) is 5.91 Å². The van der Waals surface area contributed by atoms with E-state index in [0.29, 0.717) is 12.2 Å². The van der Waals surface area contributed by atoms with Crippen molar-refractivity contribution in [1.82, 2.24) is 5.43 Å². The summed E-state index contributed by atoms with van der Waals surface area (Å²) in [6.07, 6.45) is 0.862. The van der Waals surface area contributed by atoms with E-state index in [4.69, 9.17) is 10.6 Å². The molecule has 0 saturated carbocycles. The van der Waals surface area contributed by atoms with Gasteiger partial charge in [-0.15, -0.1) is 0 Å². The molecule has 14 heavy (non-hydrogen) atoms. The van der Waals surface area contributed by atoms with Crippen LogP contribution in [0, 0.1) is 0 Å². The number of hydrogen-bond donors (Lipinski definition) is 2. The van der Waals surface area contributed by atoms with Gasteiger partial charge in [0.15, 0.2) is 0 Å². The second-order valence-corrected chi connectivity index (χ2v) is 3.26. The van der Waals surface area contributed by atoms with E-state index in [2.05, 4.69) is 5.43 Å². The monoisotopic (exact) mass is 192 g/mol. The summed E-state index contributed by atoms with van der Waals surface area (Å²) in [5.41, 5.74) is 5.06. The van der Waals surface area contributed by atoms with E-state index < -0.39 is 0 Å². The molecule has 4 nitrogen and oxygen atoms in total. The van der Waals surface area contributed by atoms with Crippen molar-refractivity contribution in [2.75, 3.05) is 6.61 Å². The molecule has 0 bridgehead atoms. The fraction of sp³-hybridized carbons (Fsp3) is 0.300. The average molecular weight is 192 g/mol. The molecule has 0 aliphatic carbocycles. The summed E-state index contributed by atoms with van der Waals surface area (Å²) in [5, 5.41) is 0. The van der Waals surface area contributed by atoms with Gasteiger partial charge in [-0.25, -0.2) is 5.84 Å². The van der Waals surface area contributed by atoms with Crippen LogP contribution in [-0.4, -0.2) is 12.5 Å². The van der Waals surface area contributed by atoms with E-state index in [-0.39, 0.29) is 5.91 Å². The number of fused-ring (bicyclic) bond motifs is 1. The van der Waals surface area contributed by atoms with Crippen LogP contribution in [0.4, 0.5) is 0 Å². The Morgan fingerprint density at radius 1 is 1.43 bits per heavy atom. The molecule has 74 valence electrons. The number of ether oxygens (including phenoxy) is 1.